The molecule has 2 atom stereocenters. The summed E-state index contributed by atoms with van der Waals surface area (Å²) < 4.78 is 5.56. The largest absolute Gasteiger partial charge is 0.375 e. The van der Waals surface area contributed by atoms with Crippen molar-refractivity contribution in [3.8, 4) is 0 Å². The molecule has 0 aliphatic heterocycles. The van der Waals surface area contributed by atoms with Crippen molar-refractivity contribution in [2.24, 2.45) is 5.73 Å². The Labute approximate surface area is 149 Å². The molecule has 23 heavy (non-hydrogen) atoms. The van der Waals surface area contributed by atoms with Crippen molar-refractivity contribution in [2.75, 3.05) is 7.11 Å². The Hall–Kier alpha value is -0.810. The second kappa shape index (κ2) is 8.88. The molecule has 2 rings (SSSR count). The van der Waals surface area contributed by atoms with Crippen molar-refractivity contribution < 1.29 is 9.53 Å². The quantitative estimate of drug-likeness (QED) is 0.842. The molecule has 1 aliphatic carbocycles. The Kier molecular flexibility index (Phi) is 7.81. The van der Waals surface area contributed by atoms with Gasteiger partial charge in [0, 0.05) is 12.1 Å². The highest BCUT2D eigenvalue weighted by atomic mass is 35.5. The summed E-state index contributed by atoms with van der Waals surface area (Å²) in [5, 5.41) is 3.71. The fraction of sp³-hybridized carbons (Fsp3) is 0.588. The first-order valence-electron chi connectivity index (χ1n) is 7.84. The van der Waals surface area contributed by atoms with Crippen LogP contribution in [0.5, 0.6) is 0 Å². The molecule has 3 N–H and O–H groups in total. The topological polar surface area (TPSA) is 64.3 Å². The highest BCUT2D eigenvalue weighted by Gasteiger charge is 2.36. The molecule has 6 heteroatoms. The number of halogens is 2. The highest BCUT2D eigenvalue weighted by Crippen LogP contribution is 2.27. The summed E-state index contributed by atoms with van der Waals surface area (Å²) in [6, 6.07) is 7.31. The molecule has 0 aromatic heterocycles. The number of carbonyl (C=O) groups excluding carboxylic acids is 1. The van der Waals surface area contributed by atoms with Crippen LogP contribution >= 0.6 is 24.0 Å². The van der Waals surface area contributed by atoms with Gasteiger partial charge >= 0.3 is 0 Å². The van der Waals surface area contributed by atoms with Gasteiger partial charge in [0.25, 0.3) is 0 Å². The molecule has 2 unspecified atom stereocenters. The first kappa shape index (κ1) is 20.2. The average molecular weight is 361 g/mol. The number of carbonyl (C=O) groups is 1. The standard InChI is InChI=1S/C17H25ClN2O2.ClH/c1-12(15(22-2)13-6-8-14(18)9-7-13)20-16(21)17(19)10-4-3-5-11-17;/h6-9,12,15H,3-5,10-11,19H2,1-2H3,(H,20,21);1H. The van der Waals surface area contributed by atoms with Gasteiger partial charge in [-0.05, 0) is 37.5 Å². The van der Waals surface area contributed by atoms with E-state index in [9.17, 15) is 4.79 Å². The molecule has 0 saturated heterocycles. The van der Waals surface area contributed by atoms with Gasteiger partial charge in [0.15, 0.2) is 0 Å². The fourth-order valence-electron chi connectivity index (χ4n) is 3.12. The van der Waals surface area contributed by atoms with Gasteiger partial charge in [-0.2, -0.15) is 0 Å². The number of methoxy groups -OCH3 is 1. The number of rotatable bonds is 5. The Bertz CT molecular complexity index is 502. The van der Waals surface area contributed by atoms with Gasteiger partial charge in [-0.3, -0.25) is 4.79 Å². The minimum atomic E-state index is -0.731. The number of nitrogens with one attached hydrogen (secondary N) is 1. The molecule has 1 fully saturated rings. The number of hydrogen-bond acceptors (Lipinski definition) is 3. The summed E-state index contributed by atoms with van der Waals surface area (Å²) in [6.45, 7) is 1.94. The molecular weight excluding hydrogens is 335 g/mol. The zero-order chi connectivity index (χ0) is 16.2. The van der Waals surface area contributed by atoms with Crippen LogP contribution in [0.3, 0.4) is 0 Å². The van der Waals surface area contributed by atoms with E-state index in [4.69, 9.17) is 22.1 Å². The second-order valence-corrected chi connectivity index (χ2v) is 6.62. The second-order valence-electron chi connectivity index (χ2n) is 6.19. The van der Waals surface area contributed by atoms with Gasteiger partial charge in [-0.1, -0.05) is 43.0 Å². The van der Waals surface area contributed by atoms with E-state index in [1.54, 1.807) is 7.11 Å². The average Bonchev–Trinajstić information content (AvgIpc) is 2.50. The zero-order valence-electron chi connectivity index (χ0n) is 13.7. The molecule has 0 heterocycles. The van der Waals surface area contributed by atoms with Crippen LogP contribution in [-0.4, -0.2) is 24.6 Å². The van der Waals surface area contributed by atoms with Crippen molar-refractivity contribution >= 4 is 29.9 Å². The van der Waals surface area contributed by atoms with Gasteiger partial charge in [0.2, 0.25) is 5.91 Å². The normalized spacial score (nSPS) is 19.3. The lowest BCUT2D eigenvalue weighted by atomic mass is 9.81. The van der Waals surface area contributed by atoms with E-state index < -0.39 is 5.54 Å². The molecule has 1 aromatic rings. The summed E-state index contributed by atoms with van der Waals surface area (Å²) in [7, 11) is 1.64. The number of amides is 1. The van der Waals surface area contributed by atoms with Gasteiger partial charge in [0.05, 0.1) is 11.6 Å². The molecule has 0 spiro atoms. The predicted molar refractivity (Wildman–Crippen MR) is 96.1 cm³/mol. The van der Waals surface area contributed by atoms with E-state index in [1.807, 2.05) is 31.2 Å². The summed E-state index contributed by atoms with van der Waals surface area (Å²) in [5.74, 6) is -0.0734. The lowest BCUT2D eigenvalue weighted by molar-refractivity contribution is -0.129. The van der Waals surface area contributed by atoms with Crippen molar-refractivity contribution in [3.63, 3.8) is 0 Å². The third-order valence-corrected chi connectivity index (χ3v) is 4.72. The van der Waals surface area contributed by atoms with E-state index in [0.29, 0.717) is 5.02 Å². The molecule has 1 aliphatic rings. The Morgan fingerprint density at radius 2 is 1.83 bits per heavy atom. The Balaban J connectivity index is 0.00000264. The van der Waals surface area contributed by atoms with Gasteiger partial charge in [0.1, 0.15) is 6.10 Å². The van der Waals surface area contributed by atoms with Crippen LogP contribution in [0.4, 0.5) is 0 Å². The number of hydrogen-bond donors (Lipinski definition) is 2. The SMILES string of the molecule is COC(c1ccc(Cl)cc1)C(C)NC(=O)C1(N)CCCCC1.Cl. The lowest BCUT2D eigenvalue weighted by Gasteiger charge is -2.34. The maximum atomic E-state index is 12.5. The van der Waals surface area contributed by atoms with Crippen LogP contribution in [0.25, 0.3) is 0 Å². The summed E-state index contributed by atoms with van der Waals surface area (Å²) in [6.07, 6.45) is 4.47. The maximum absolute atomic E-state index is 12.5. The number of nitrogens with two attached hydrogens (primary N) is 1. The van der Waals surface area contributed by atoms with Crippen LogP contribution in [0.2, 0.25) is 5.02 Å². The van der Waals surface area contributed by atoms with E-state index in [-0.39, 0.29) is 30.5 Å². The van der Waals surface area contributed by atoms with E-state index in [2.05, 4.69) is 5.32 Å². The van der Waals surface area contributed by atoms with Crippen molar-refractivity contribution in [1.29, 1.82) is 0 Å². The molecule has 0 radical (unpaired) electrons. The van der Waals surface area contributed by atoms with Gasteiger partial charge in [-0.15, -0.1) is 12.4 Å². The molecule has 4 nitrogen and oxygen atoms in total. The van der Waals surface area contributed by atoms with Gasteiger partial charge < -0.3 is 15.8 Å². The van der Waals surface area contributed by atoms with Crippen LogP contribution in [0.1, 0.15) is 50.7 Å². The third kappa shape index (κ3) is 5.08. The van der Waals surface area contributed by atoms with Crippen molar-refractivity contribution in [3.05, 3.63) is 34.9 Å². The van der Waals surface area contributed by atoms with Gasteiger partial charge in [-0.25, -0.2) is 0 Å². The maximum Gasteiger partial charge on any atom is 0.240 e. The van der Waals surface area contributed by atoms with Crippen molar-refractivity contribution in [2.45, 2.75) is 56.7 Å². The monoisotopic (exact) mass is 360 g/mol. The molecule has 1 aromatic carbocycles. The lowest BCUT2D eigenvalue weighted by Crippen LogP contribution is -2.57. The molecule has 130 valence electrons. The fourth-order valence-corrected chi connectivity index (χ4v) is 3.24. The first-order chi connectivity index (χ1) is 10.5. The highest BCUT2D eigenvalue weighted by molar-refractivity contribution is 6.30. The van der Waals surface area contributed by atoms with E-state index >= 15 is 0 Å². The van der Waals surface area contributed by atoms with Crippen LogP contribution in [0, 0.1) is 0 Å². The molecular formula is C17H26Cl2N2O2. The number of ether oxygens (including phenoxy) is 1. The van der Waals surface area contributed by atoms with Crippen molar-refractivity contribution in [1.82, 2.24) is 5.32 Å². The third-order valence-electron chi connectivity index (χ3n) is 4.46. The zero-order valence-corrected chi connectivity index (χ0v) is 15.3. The summed E-state index contributed by atoms with van der Waals surface area (Å²) >= 11 is 5.92. The minimum absolute atomic E-state index is 0. The van der Waals surface area contributed by atoms with Crippen LogP contribution in [0.15, 0.2) is 24.3 Å². The van der Waals surface area contributed by atoms with Crippen LogP contribution in [-0.2, 0) is 9.53 Å². The first-order valence-corrected chi connectivity index (χ1v) is 8.22. The number of benzene rings is 1. The molecule has 1 saturated carbocycles. The van der Waals surface area contributed by atoms with E-state index in [0.717, 1.165) is 37.7 Å². The summed E-state index contributed by atoms with van der Waals surface area (Å²) in [5.41, 5.74) is 6.53. The predicted octanol–water partition coefficient (Wildman–Crippen LogP) is 3.62. The Morgan fingerprint density at radius 1 is 1.26 bits per heavy atom. The molecule has 0 bridgehead atoms. The minimum Gasteiger partial charge on any atom is -0.375 e. The van der Waals surface area contributed by atoms with E-state index in [1.165, 1.54) is 0 Å². The smallest absolute Gasteiger partial charge is 0.240 e. The summed E-state index contributed by atoms with van der Waals surface area (Å²) in [4.78, 5) is 12.5. The molecule has 1 amide bonds. The van der Waals surface area contributed by atoms with Crippen LogP contribution < -0.4 is 11.1 Å². The Morgan fingerprint density at radius 3 is 2.35 bits per heavy atom.